The van der Waals surface area contributed by atoms with Crippen LogP contribution in [0.4, 0.5) is 0 Å². The second-order valence-corrected chi connectivity index (χ2v) is 7.91. The molecule has 2 heterocycles. The Labute approximate surface area is 115 Å². The van der Waals surface area contributed by atoms with E-state index in [1.165, 1.54) is 64.3 Å². The topological polar surface area (TPSA) is 6.48 Å². The molecule has 2 aliphatic rings. The van der Waals surface area contributed by atoms with Crippen molar-refractivity contribution in [2.75, 3.05) is 26.2 Å². The first-order valence-electron chi connectivity index (χ1n) is 7.90. The molecule has 0 amide bonds. The van der Waals surface area contributed by atoms with Gasteiger partial charge in [0.2, 0.25) is 0 Å². The summed E-state index contributed by atoms with van der Waals surface area (Å²) >= 11 is 0. The summed E-state index contributed by atoms with van der Waals surface area (Å²) in [6, 6.07) is 1.45. The quantitative estimate of drug-likeness (QED) is 0.652. The molecule has 0 N–H and O–H groups in total. The molecule has 0 aliphatic carbocycles. The van der Waals surface area contributed by atoms with Gasteiger partial charge in [-0.2, -0.15) is 0 Å². The zero-order valence-electron chi connectivity index (χ0n) is 12.1. The third kappa shape index (κ3) is 3.94. The number of rotatable bonds is 7. The fourth-order valence-corrected chi connectivity index (χ4v) is 4.53. The summed E-state index contributed by atoms with van der Waals surface area (Å²) in [4.78, 5) is 5.52. The summed E-state index contributed by atoms with van der Waals surface area (Å²) in [7, 11) is 0.0151. The van der Waals surface area contributed by atoms with E-state index in [2.05, 4.69) is 29.0 Å². The van der Waals surface area contributed by atoms with Gasteiger partial charge in [0.25, 0.3) is 0 Å². The van der Waals surface area contributed by atoms with Crippen molar-refractivity contribution in [2.45, 2.75) is 51.2 Å². The lowest BCUT2D eigenvalue weighted by Gasteiger charge is -2.37. The number of hydrogen-bond donors (Lipinski definition) is 0. The second kappa shape index (κ2) is 7.46. The molecule has 18 heavy (non-hydrogen) atoms. The molecule has 104 valence electrons. The maximum atomic E-state index is 3.91. The van der Waals surface area contributed by atoms with Crippen LogP contribution in [0.5, 0.6) is 0 Å². The highest BCUT2D eigenvalue weighted by Crippen LogP contribution is 2.25. The van der Waals surface area contributed by atoms with Crippen LogP contribution in [0.25, 0.3) is 0 Å². The van der Waals surface area contributed by atoms with Crippen LogP contribution in [0.3, 0.4) is 0 Å². The molecule has 0 bridgehead atoms. The van der Waals surface area contributed by atoms with Gasteiger partial charge < -0.3 is 0 Å². The van der Waals surface area contributed by atoms with Crippen LogP contribution in [0.2, 0.25) is 6.04 Å². The van der Waals surface area contributed by atoms with Crippen LogP contribution in [-0.2, 0) is 0 Å². The van der Waals surface area contributed by atoms with Gasteiger partial charge in [0.15, 0.2) is 0 Å². The summed E-state index contributed by atoms with van der Waals surface area (Å²) in [5, 5.41) is 0. The van der Waals surface area contributed by atoms with E-state index in [0.29, 0.717) is 0 Å². The maximum Gasteiger partial charge on any atom is 0.0624 e. The molecule has 0 aromatic rings. The smallest absolute Gasteiger partial charge is 0.0624 e. The molecule has 0 saturated carbocycles. The molecule has 1 atom stereocenters. The Kier molecular flexibility index (Phi) is 5.92. The van der Waals surface area contributed by atoms with Gasteiger partial charge in [0.1, 0.15) is 0 Å². The van der Waals surface area contributed by atoms with Crippen molar-refractivity contribution < 1.29 is 0 Å². The van der Waals surface area contributed by atoms with Gasteiger partial charge in [-0.05, 0) is 64.2 Å². The Morgan fingerprint density at radius 1 is 1.06 bits per heavy atom. The summed E-state index contributed by atoms with van der Waals surface area (Å²) in [6.45, 7) is 11.7. The molecule has 2 nitrogen and oxygen atoms in total. The van der Waals surface area contributed by atoms with Gasteiger partial charge in [-0.15, -0.1) is 12.3 Å². The van der Waals surface area contributed by atoms with Crippen LogP contribution < -0.4 is 0 Å². The van der Waals surface area contributed by atoms with Crippen molar-refractivity contribution in [1.82, 2.24) is 9.80 Å². The Bertz CT molecular complexity index is 229. The fourth-order valence-electron chi connectivity index (χ4n) is 3.49. The summed E-state index contributed by atoms with van der Waals surface area (Å²) in [5.74, 6) is 0.890. The van der Waals surface area contributed by atoms with Gasteiger partial charge in [-0.25, -0.2) is 0 Å². The SMILES string of the molecule is C=C[SiH2]CC(C)CC(N1CCCC1)N1CCCC1. The number of likely N-dealkylation sites (tertiary alicyclic amines) is 2. The minimum atomic E-state index is 0.0151. The van der Waals surface area contributed by atoms with Crippen molar-refractivity contribution >= 4 is 9.52 Å². The summed E-state index contributed by atoms with van der Waals surface area (Å²) in [6.07, 6.45) is 7.81. The van der Waals surface area contributed by atoms with E-state index in [0.717, 1.165) is 12.1 Å². The monoisotopic (exact) mass is 266 g/mol. The van der Waals surface area contributed by atoms with E-state index in [1.807, 2.05) is 0 Å². The lowest BCUT2D eigenvalue weighted by Crippen LogP contribution is -2.46. The molecule has 0 aromatic heterocycles. The van der Waals surface area contributed by atoms with Gasteiger partial charge in [-0.1, -0.05) is 13.0 Å². The third-order valence-electron chi connectivity index (χ3n) is 4.60. The fraction of sp³-hybridized carbons (Fsp3) is 0.867. The number of hydrogen-bond acceptors (Lipinski definition) is 2. The highest BCUT2D eigenvalue weighted by atomic mass is 28.2. The van der Waals surface area contributed by atoms with Crippen molar-refractivity contribution in [1.29, 1.82) is 0 Å². The van der Waals surface area contributed by atoms with Gasteiger partial charge in [-0.3, -0.25) is 9.80 Å². The van der Waals surface area contributed by atoms with Crippen LogP contribution in [0.15, 0.2) is 12.3 Å². The predicted molar refractivity (Wildman–Crippen MR) is 82.7 cm³/mol. The molecule has 1 unspecified atom stereocenters. The first kappa shape index (κ1) is 14.3. The zero-order chi connectivity index (χ0) is 12.8. The molecular formula is C15H30N2Si. The maximum absolute atomic E-state index is 3.91. The van der Waals surface area contributed by atoms with Crippen molar-refractivity contribution in [3.63, 3.8) is 0 Å². The Hall–Kier alpha value is -0.123. The largest absolute Gasteiger partial charge is 0.288 e. The van der Waals surface area contributed by atoms with Gasteiger partial charge in [0.05, 0.1) is 6.17 Å². The molecule has 2 fully saturated rings. The van der Waals surface area contributed by atoms with E-state index < -0.39 is 0 Å². The van der Waals surface area contributed by atoms with Gasteiger partial charge >= 0.3 is 0 Å². The first-order valence-corrected chi connectivity index (χ1v) is 9.72. The Balaban J connectivity index is 1.88. The van der Waals surface area contributed by atoms with E-state index in [1.54, 1.807) is 0 Å². The predicted octanol–water partition coefficient (Wildman–Crippen LogP) is 2.26. The number of nitrogens with zero attached hydrogens (tertiary/aromatic N) is 2. The standard InChI is InChI=1S/C15H30N2Si/c1-3-18-13-14(2)12-15(16-8-4-5-9-16)17-10-6-7-11-17/h3,14-15H,1,4-13,18H2,2H3. The molecular weight excluding hydrogens is 236 g/mol. The molecule has 2 aliphatic heterocycles. The van der Waals surface area contributed by atoms with Crippen molar-refractivity contribution in [3.8, 4) is 0 Å². The second-order valence-electron chi connectivity index (χ2n) is 6.17. The molecule has 0 spiro atoms. The van der Waals surface area contributed by atoms with Crippen molar-refractivity contribution in [3.05, 3.63) is 12.3 Å². The normalized spacial score (nSPS) is 24.6. The zero-order valence-corrected chi connectivity index (χ0v) is 13.5. The van der Waals surface area contributed by atoms with E-state index in [9.17, 15) is 0 Å². The average molecular weight is 267 g/mol. The van der Waals surface area contributed by atoms with E-state index in [4.69, 9.17) is 0 Å². The summed E-state index contributed by atoms with van der Waals surface area (Å²) < 4.78 is 0. The highest BCUT2D eigenvalue weighted by molar-refractivity contribution is 6.41. The molecule has 2 saturated heterocycles. The molecule has 0 radical (unpaired) electrons. The summed E-state index contributed by atoms with van der Waals surface area (Å²) in [5.41, 5.74) is 2.21. The van der Waals surface area contributed by atoms with Crippen molar-refractivity contribution in [2.24, 2.45) is 5.92 Å². The molecule has 3 heteroatoms. The Morgan fingerprint density at radius 2 is 1.56 bits per heavy atom. The van der Waals surface area contributed by atoms with Crippen LogP contribution in [0.1, 0.15) is 39.0 Å². The van der Waals surface area contributed by atoms with Crippen LogP contribution in [-0.4, -0.2) is 51.7 Å². The molecule has 2 rings (SSSR count). The lowest BCUT2D eigenvalue weighted by atomic mass is 10.1. The highest BCUT2D eigenvalue weighted by Gasteiger charge is 2.30. The van der Waals surface area contributed by atoms with Gasteiger partial charge in [0, 0.05) is 9.52 Å². The Morgan fingerprint density at radius 3 is 2.00 bits per heavy atom. The van der Waals surface area contributed by atoms with Crippen LogP contribution >= 0.6 is 0 Å². The van der Waals surface area contributed by atoms with Crippen LogP contribution in [0, 0.1) is 5.92 Å². The van der Waals surface area contributed by atoms with E-state index in [-0.39, 0.29) is 9.52 Å². The average Bonchev–Trinajstić information content (AvgIpc) is 3.05. The third-order valence-corrected chi connectivity index (χ3v) is 6.33. The minimum Gasteiger partial charge on any atom is -0.288 e. The first-order chi connectivity index (χ1) is 8.81. The molecule has 0 aromatic carbocycles. The van der Waals surface area contributed by atoms with E-state index >= 15 is 0 Å². The lowest BCUT2D eigenvalue weighted by molar-refractivity contribution is 0.0618. The minimum absolute atomic E-state index is 0.0151.